The summed E-state index contributed by atoms with van der Waals surface area (Å²) in [7, 11) is -3.55. The Labute approximate surface area is 127 Å². The Balaban J connectivity index is 3.14. The maximum Gasteiger partial charge on any atom is 0.251 e. The highest BCUT2D eigenvalue weighted by molar-refractivity contribution is 7.89. The highest BCUT2D eigenvalue weighted by Gasteiger charge is 2.23. The molecule has 0 saturated heterocycles. The molecule has 118 valence electrons. The summed E-state index contributed by atoms with van der Waals surface area (Å²) >= 11 is 0. The first kappa shape index (κ1) is 17.7. The minimum atomic E-state index is -3.55. The molecule has 0 aliphatic heterocycles. The van der Waals surface area contributed by atoms with Crippen LogP contribution < -0.4 is 5.32 Å². The number of carbonyl (C=O) groups excluding carboxylic acids is 1. The van der Waals surface area contributed by atoms with Crippen molar-refractivity contribution in [1.29, 1.82) is 0 Å². The van der Waals surface area contributed by atoms with Crippen LogP contribution in [0.25, 0.3) is 0 Å². The van der Waals surface area contributed by atoms with Crippen LogP contribution in [0.5, 0.6) is 0 Å². The van der Waals surface area contributed by atoms with E-state index in [1.165, 1.54) is 16.4 Å². The normalized spacial score (nSPS) is 12.5. The van der Waals surface area contributed by atoms with Gasteiger partial charge in [0.05, 0.1) is 4.90 Å². The quantitative estimate of drug-likeness (QED) is 0.907. The average Bonchev–Trinajstić information content (AvgIpc) is 2.38. The maximum absolute atomic E-state index is 12.4. The molecule has 0 aliphatic rings. The fraction of sp³-hybridized carbons (Fsp3) is 0.533. The van der Waals surface area contributed by atoms with Crippen LogP contribution in [0, 0.1) is 0 Å². The van der Waals surface area contributed by atoms with Gasteiger partial charge in [-0.05, 0) is 39.0 Å². The zero-order valence-electron chi connectivity index (χ0n) is 13.3. The van der Waals surface area contributed by atoms with Crippen molar-refractivity contribution in [3.05, 3.63) is 29.8 Å². The summed E-state index contributed by atoms with van der Waals surface area (Å²) in [6.45, 7) is 10.0. The molecular weight excluding hydrogens is 288 g/mol. The van der Waals surface area contributed by atoms with Crippen molar-refractivity contribution in [3.63, 3.8) is 0 Å². The molecule has 0 fully saturated rings. The summed E-state index contributed by atoms with van der Waals surface area (Å²) in [5.41, 5.74) is -0.0247. The van der Waals surface area contributed by atoms with Gasteiger partial charge in [0.2, 0.25) is 10.0 Å². The van der Waals surface area contributed by atoms with Gasteiger partial charge in [-0.2, -0.15) is 4.31 Å². The number of nitrogens with zero attached hydrogens (tertiary/aromatic N) is 1. The first-order valence-corrected chi connectivity index (χ1v) is 8.48. The third kappa shape index (κ3) is 4.54. The molecule has 0 heterocycles. The summed E-state index contributed by atoms with van der Waals surface area (Å²) in [5, 5.41) is 2.82. The van der Waals surface area contributed by atoms with Crippen molar-refractivity contribution >= 4 is 15.9 Å². The first-order chi connectivity index (χ1) is 9.61. The molecule has 1 rings (SSSR count). The van der Waals surface area contributed by atoms with Crippen LogP contribution in [-0.4, -0.2) is 37.3 Å². The Morgan fingerprint density at radius 2 is 1.76 bits per heavy atom. The largest absolute Gasteiger partial charge is 0.347 e. The maximum atomic E-state index is 12.4. The molecule has 0 bridgehead atoms. The third-order valence-electron chi connectivity index (χ3n) is 2.93. The molecule has 21 heavy (non-hydrogen) atoms. The molecule has 0 aliphatic carbocycles. The number of hydrogen-bond donors (Lipinski definition) is 1. The summed E-state index contributed by atoms with van der Waals surface area (Å²) in [6, 6.07) is 6.15. The Morgan fingerprint density at radius 3 is 2.24 bits per heavy atom. The Kier molecular flexibility index (Phi) is 5.53. The van der Waals surface area contributed by atoms with Crippen LogP contribution in [0.2, 0.25) is 0 Å². The number of carbonyl (C=O) groups is 1. The highest BCUT2D eigenvalue weighted by Crippen LogP contribution is 2.17. The first-order valence-electron chi connectivity index (χ1n) is 7.04. The van der Waals surface area contributed by atoms with E-state index in [1.54, 1.807) is 26.0 Å². The molecule has 0 aromatic heterocycles. The van der Waals surface area contributed by atoms with Crippen LogP contribution >= 0.6 is 0 Å². The van der Waals surface area contributed by atoms with Crippen LogP contribution in [0.1, 0.15) is 45.0 Å². The summed E-state index contributed by atoms with van der Waals surface area (Å²) in [6.07, 6.45) is 0. The SMILES string of the molecule is CCN(CC)S(=O)(=O)c1cccc(C(=O)NC(C)(C)C)c1. The average molecular weight is 312 g/mol. The van der Waals surface area contributed by atoms with Crippen LogP contribution in [0.4, 0.5) is 0 Å². The predicted octanol–water partition coefficient (Wildman–Crippen LogP) is 2.25. The summed E-state index contributed by atoms with van der Waals surface area (Å²) < 4.78 is 26.3. The van der Waals surface area contributed by atoms with Gasteiger partial charge in [0, 0.05) is 24.2 Å². The van der Waals surface area contributed by atoms with E-state index < -0.39 is 10.0 Å². The fourth-order valence-corrected chi connectivity index (χ4v) is 3.43. The molecule has 1 amide bonds. The molecule has 0 spiro atoms. The van der Waals surface area contributed by atoms with Gasteiger partial charge in [0.1, 0.15) is 0 Å². The van der Waals surface area contributed by atoms with Crippen molar-refractivity contribution in [2.75, 3.05) is 13.1 Å². The van der Waals surface area contributed by atoms with Gasteiger partial charge in [0.15, 0.2) is 0 Å². The van der Waals surface area contributed by atoms with Crippen molar-refractivity contribution in [3.8, 4) is 0 Å². The lowest BCUT2D eigenvalue weighted by Crippen LogP contribution is -2.40. The summed E-state index contributed by atoms with van der Waals surface area (Å²) in [4.78, 5) is 12.3. The number of hydrogen-bond acceptors (Lipinski definition) is 3. The summed E-state index contributed by atoms with van der Waals surface area (Å²) in [5.74, 6) is -0.279. The Morgan fingerprint density at radius 1 is 1.19 bits per heavy atom. The zero-order chi connectivity index (χ0) is 16.3. The standard InChI is InChI=1S/C15H24N2O3S/c1-6-17(7-2)21(19,20)13-10-8-9-12(11-13)14(18)16-15(3,4)5/h8-11H,6-7H2,1-5H3,(H,16,18). The number of amides is 1. The van der Waals surface area contributed by atoms with Crippen molar-refractivity contribution < 1.29 is 13.2 Å². The van der Waals surface area contributed by atoms with Crippen molar-refractivity contribution in [2.24, 2.45) is 0 Å². The Hall–Kier alpha value is -1.40. The van der Waals surface area contributed by atoms with E-state index in [4.69, 9.17) is 0 Å². The van der Waals surface area contributed by atoms with Crippen molar-refractivity contribution in [2.45, 2.75) is 45.1 Å². The lowest BCUT2D eigenvalue weighted by molar-refractivity contribution is 0.0919. The van der Waals surface area contributed by atoms with Gasteiger partial charge in [-0.1, -0.05) is 19.9 Å². The molecule has 0 atom stereocenters. The fourth-order valence-electron chi connectivity index (χ4n) is 1.92. The van der Waals surface area contributed by atoms with E-state index in [9.17, 15) is 13.2 Å². The predicted molar refractivity (Wildman–Crippen MR) is 83.8 cm³/mol. The molecule has 5 nitrogen and oxygen atoms in total. The van der Waals surface area contributed by atoms with Gasteiger partial charge in [0.25, 0.3) is 5.91 Å². The zero-order valence-corrected chi connectivity index (χ0v) is 14.1. The van der Waals surface area contributed by atoms with E-state index in [2.05, 4.69) is 5.32 Å². The second-order valence-electron chi connectivity index (χ2n) is 5.82. The number of rotatable bonds is 5. The monoisotopic (exact) mass is 312 g/mol. The lowest BCUT2D eigenvalue weighted by Gasteiger charge is -2.21. The lowest BCUT2D eigenvalue weighted by atomic mass is 10.1. The molecule has 1 N–H and O–H groups in total. The van der Waals surface area contributed by atoms with Gasteiger partial charge >= 0.3 is 0 Å². The molecule has 0 radical (unpaired) electrons. The van der Waals surface area contributed by atoms with Crippen LogP contribution in [0.15, 0.2) is 29.2 Å². The second kappa shape index (κ2) is 6.58. The topological polar surface area (TPSA) is 66.5 Å². The third-order valence-corrected chi connectivity index (χ3v) is 4.97. The minimum absolute atomic E-state index is 0.146. The van der Waals surface area contributed by atoms with E-state index in [0.29, 0.717) is 18.7 Å². The van der Waals surface area contributed by atoms with Gasteiger partial charge in [-0.3, -0.25) is 4.79 Å². The van der Waals surface area contributed by atoms with E-state index in [-0.39, 0.29) is 16.3 Å². The second-order valence-corrected chi connectivity index (χ2v) is 7.76. The molecular formula is C15H24N2O3S. The minimum Gasteiger partial charge on any atom is -0.347 e. The van der Waals surface area contributed by atoms with Gasteiger partial charge in [-0.25, -0.2) is 8.42 Å². The van der Waals surface area contributed by atoms with E-state index >= 15 is 0 Å². The van der Waals surface area contributed by atoms with Crippen molar-refractivity contribution in [1.82, 2.24) is 9.62 Å². The number of sulfonamides is 1. The van der Waals surface area contributed by atoms with Gasteiger partial charge in [-0.15, -0.1) is 0 Å². The van der Waals surface area contributed by atoms with Crippen LogP contribution in [-0.2, 0) is 10.0 Å². The van der Waals surface area contributed by atoms with Gasteiger partial charge < -0.3 is 5.32 Å². The molecule has 0 unspecified atom stereocenters. The highest BCUT2D eigenvalue weighted by atomic mass is 32.2. The van der Waals surface area contributed by atoms with E-state index in [0.717, 1.165) is 0 Å². The number of nitrogens with one attached hydrogen (secondary N) is 1. The Bertz CT molecular complexity index is 600. The number of benzene rings is 1. The van der Waals surface area contributed by atoms with Crippen LogP contribution in [0.3, 0.4) is 0 Å². The smallest absolute Gasteiger partial charge is 0.251 e. The molecule has 1 aromatic rings. The molecule has 1 aromatic carbocycles. The molecule has 6 heteroatoms. The van der Waals surface area contributed by atoms with E-state index in [1.807, 2.05) is 20.8 Å². The molecule has 0 saturated carbocycles.